The topological polar surface area (TPSA) is 52.3 Å². The minimum Gasteiger partial charge on any atom is -0.460 e. The normalized spacial score (nSPS) is 13.9. The number of benzene rings is 1. The lowest BCUT2D eigenvalue weighted by atomic mass is 10.0. The van der Waals surface area contributed by atoms with E-state index in [2.05, 4.69) is 0 Å². The summed E-state index contributed by atoms with van der Waals surface area (Å²) in [7, 11) is 0. The Balaban J connectivity index is 2.32. The van der Waals surface area contributed by atoms with Gasteiger partial charge in [-0.05, 0) is 25.8 Å². The summed E-state index contributed by atoms with van der Waals surface area (Å²) < 4.78 is 18.4. The lowest BCUT2D eigenvalue weighted by Crippen LogP contribution is -2.18. The highest BCUT2D eigenvalue weighted by molar-refractivity contribution is 5.71. The van der Waals surface area contributed by atoms with Gasteiger partial charge in [-0.2, -0.15) is 0 Å². The molecule has 0 amide bonds. The van der Waals surface area contributed by atoms with Crippen molar-refractivity contribution in [3.05, 3.63) is 35.6 Å². The fourth-order valence-corrected chi connectivity index (χ4v) is 1.77. The molecule has 2 atom stereocenters. The van der Waals surface area contributed by atoms with Gasteiger partial charge in [0.25, 0.3) is 0 Å². The monoisotopic (exact) mass is 267 g/mol. The fraction of sp³-hybridized carbons (Fsp3) is 0.533. The summed E-state index contributed by atoms with van der Waals surface area (Å²) in [5.41, 5.74) is 6.05. The minimum atomic E-state index is -0.347. The van der Waals surface area contributed by atoms with E-state index in [1.54, 1.807) is 18.2 Å². The van der Waals surface area contributed by atoms with Gasteiger partial charge in [0.2, 0.25) is 0 Å². The van der Waals surface area contributed by atoms with E-state index < -0.39 is 0 Å². The Morgan fingerprint density at radius 1 is 1.32 bits per heavy atom. The molecule has 106 valence electrons. The molecule has 1 aromatic carbocycles. The first kappa shape index (κ1) is 15.6. The maximum atomic E-state index is 13.3. The molecule has 0 aliphatic carbocycles. The lowest BCUT2D eigenvalue weighted by Gasteiger charge is -2.12. The van der Waals surface area contributed by atoms with E-state index in [0.717, 1.165) is 19.3 Å². The molecule has 2 unspecified atom stereocenters. The zero-order valence-corrected chi connectivity index (χ0v) is 11.6. The van der Waals surface area contributed by atoms with Crippen LogP contribution in [-0.4, -0.2) is 12.0 Å². The number of nitrogens with two attached hydrogens (primary N) is 1. The summed E-state index contributed by atoms with van der Waals surface area (Å²) >= 11 is 0. The van der Waals surface area contributed by atoms with Crippen LogP contribution in [0.1, 0.15) is 38.7 Å². The van der Waals surface area contributed by atoms with E-state index >= 15 is 0 Å². The van der Waals surface area contributed by atoms with Crippen molar-refractivity contribution in [3.8, 4) is 0 Å². The van der Waals surface area contributed by atoms with Crippen molar-refractivity contribution in [3.63, 3.8) is 0 Å². The molecule has 0 aliphatic rings. The van der Waals surface area contributed by atoms with E-state index in [-0.39, 0.29) is 30.4 Å². The SMILES string of the molecule is CC(N)CCCC(C)C(=O)OCc1ccccc1F. The van der Waals surface area contributed by atoms with E-state index in [0.29, 0.717) is 5.56 Å². The first-order valence-corrected chi connectivity index (χ1v) is 6.66. The Morgan fingerprint density at radius 2 is 2.00 bits per heavy atom. The average Bonchev–Trinajstić information content (AvgIpc) is 2.36. The summed E-state index contributed by atoms with van der Waals surface area (Å²) in [6, 6.07) is 6.45. The second kappa shape index (κ2) is 7.89. The van der Waals surface area contributed by atoms with Crippen LogP contribution in [0.25, 0.3) is 0 Å². The van der Waals surface area contributed by atoms with Gasteiger partial charge in [0.05, 0.1) is 5.92 Å². The van der Waals surface area contributed by atoms with Gasteiger partial charge < -0.3 is 10.5 Å². The predicted octanol–water partition coefficient (Wildman–Crippen LogP) is 3.02. The standard InChI is InChI=1S/C15H22FNO2/c1-11(6-5-7-12(2)17)15(18)19-10-13-8-3-4-9-14(13)16/h3-4,8-9,11-12H,5-7,10,17H2,1-2H3. The molecule has 0 aliphatic heterocycles. The first-order chi connectivity index (χ1) is 9.00. The van der Waals surface area contributed by atoms with Crippen LogP contribution in [0, 0.1) is 11.7 Å². The number of carbonyl (C=O) groups is 1. The number of carbonyl (C=O) groups excluding carboxylic acids is 1. The number of halogens is 1. The second-order valence-corrected chi connectivity index (χ2v) is 5.01. The fourth-order valence-electron chi connectivity index (χ4n) is 1.77. The smallest absolute Gasteiger partial charge is 0.308 e. The van der Waals surface area contributed by atoms with Crippen LogP contribution in [0.2, 0.25) is 0 Å². The van der Waals surface area contributed by atoms with Gasteiger partial charge in [0.15, 0.2) is 0 Å². The maximum absolute atomic E-state index is 13.3. The summed E-state index contributed by atoms with van der Waals surface area (Å²) in [6.45, 7) is 3.76. The zero-order chi connectivity index (χ0) is 14.3. The highest BCUT2D eigenvalue weighted by Crippen LogP contribution is 2.13. The summed E-state index contributed by atoms with van der Waals surface area (Å²) in [6.07, 6.45) is 2.54. The number of ether oxygens (including phenoxy) is 1. The molecule has 0 saturated carbocycles. The molecular formula is C15H22FNO2. The van der Waals surface area contributed by atoms with Gasteiger partial charge in [0, 0.05) is 11.6 Å². The van der Waals surface area contributed by atoms with Crippen LogP contribution in [-0.2, 0) is 16.1 Å². The molecule has 4 heteroatoms. The predicted molar refractivity (Wildman–Crippen MR) is 72.9 cm³/mol. The van der Waals surface area contributed by atoms with E-state index in [9.17, 15) is 9.18 Å². The highest BCUT2D eigenvalue weighted by atomic mass is 19.1. The van der Waals surface area contributed by atoms with E-state index in [1.807, 2.05) is 13.8 Å². The summed E-state index contributed by atoms with van der Waals surface area (Å²) in [5.74, 6) is -0.807. The highest BCUT2D eigenvalue weighted by Gasteiger charge is 2.15. The molecule has 0 aromatic heterocycles. The number of hydrogen-bond donors (Lipinski definition) is 1. The maximum Gasteiger partial charge on any atom is 0.308 e. The van der Waals surface area contributed by atoms with Crippen molar-refractivity contribution in [2.24, 2.45) is 11.7 Å². The van der Waals surface area contributed by atoms with Gasteiger partial charge >= 0.3 is 5.97 Å². The van der Waals surface area contributed by atoms with Crippen LogP contribution in [0.5, 0.6) is 0 Å². The molecule has 0 saturated heterocycles. The molecule has 2 N–H and O–H groups in total. The third-order valence-corrected chi connectivity index (χ3v) is 3.03. The number of esters is 1. The summed E-state index contributed by atoms with van der Waals surface area (Å²) in [5, 5.41) is 0. The molecule has 0 fully saturated rings. The van der Waals surface area contributed by atoms with E-state index in [4.69, 9.17) is 10.5 Å². The molecule has 0 radical (unpaired) electrons. The minimum absolute atomic E-state index is 0.0108. The van der Waals surface area contributed by atoms with Gasteiger partial charge in [-0.1, -0.05) is 31.5 Å². The van der Waals surface area contributed by atoms with Crippen molar-refractivity contribution in [1.82, 2.24) is 0 Å². The van der Waals surface area contributed by atoms with Crippen molar-refractivity contribution < 1.29 is 13.9 Å². The Morgan fingerprint density at radius 3 is 2.63 bits per heavy atom. The largest absolute Gasteiger partial charge is 0.460 e. The molecule has 0 bridgehead atoms. The van der Waals surface area contributed by atoms with Gasteiger partial charge in [-0.25, -0.2) is 4.39 Å². The molecule has 3 nitrogen and oxygen atoms in total. The molecule has 19 heavy (non-hydrogen) atoms. The van der Waals surface area contributed by atoms with Gasteiger partial charge in [-0.3, -0.25) is 4.79 Å². The lowest BCUT2D eigenvalue weighted by molar-refractivity contribution is -0.149. The van der Waals surface area contributed by atoms with Crippen LogP contribution >= 0.6 is 0 Å². The number of rotatable bonds is 7. The van der Waals surface area contributed by atoms with Crippen molar-refractivity contribution in [1.29, 1.82) is 0 Å². The average molecular weight is 267 g/mol. The Hall–Kier alpha value is -1.42. The van der Waals surface area contributed by atoms with Crippen molar-refractivity contribution >= 4 is 5.97 Å². The molecule has 0 heterocycles. The Kier molecular flexibility index (Phi) is 6.50. The zero-order valence-electron chi connectivity index (χ0n) is 11.6. The second-order valence-electron chi connectivity index (χ2n) is 5.01. The van der Waals surface area contributed by atoms with Crippen molar-refractivity contribution in [2.45, 2.75) is 45.8 Å². The summed E-state index contributed by atoms with van der Waals surface area (Å²) in [4.78, 5) is 11.7. The quantitative estimate of drug-likeness (QED) is 0.773. The molecule has 0 spiro atoms. The van der Waals surface area contributed by atoms with E-state index in [1.165, 1.54) is 6.07 Å². The van der Waals surface area contributed by atoms with Crippen LogP contribution in [0.4, 0.5) is 4.39 Å². The van der Waals surface area contributed by atoms with Crippen LogP contribution in [0.15, 0.2) is 24.3 Å². The third-order valence-electron chi connectivity index (χ3n) is 3.03. The molecule has 1 rings (SSSR count). The third kappa shape index (κ3) is 5.83. The first-order valence-electron chi connectivity index (χ1n) is 6.66. The van der Waals surface area contributed by atoms with Gasteiger partial charge in [-0.15, -0.1) is 0 Å². The Labute approximate surface area is 113 Å². The Bertz CT molecular complexity index is 407. The van der Waals surface area contributed by atoms with Crippen molar-refractivity contribution in [2.75, 3.05) is 0 Å². The number of hydrogen-bond acceptors (Lipinski definition) is 3. The van der Waals surface area contributed by atoms with Crippen LogP contribution < -0.4 is 5.73 Å². The van der Waals surface area contributed by atoms with Crippen LogP contribution in [0.3, 0.4) is 0 Å². The molecular weight excluding hydrogens is 245 g/mol. The van der Waals surface area contributed by atoms with Gasteiger partial charge in [0.1, 0.15) is 12.4 Å². The molecule has 1 aromatic rings.